The second kappa shape index (κ2) is 6.22. The van der Waals surface area contributed by atoms with E-state index in [9.17, 15) is 0 Å². The zero-order valence-electron chi connectivity index (χ0n) is 14.2. The van der Waals surface area contributed by atoms with Gasteiger partial charge in [-0.15, -0.1) is 0 Å². The molecular formula is C14H31I2N3. The van der Waals surface area contributed by atoms with Crippen LogP contribution in [0.25, 0.3) is 0 Å². The Morgan fingerprint density at radius 2 is 1.11 bits per heavy atom. The highest BCUT2D eigenvalue weighted by Gasteiger charge is 2.48. The number of likely N-dealkylation sites (N-methyl/N-ethyl adjacent to an activating group) is 1. The van der Waals surface area contributed by atoms with Gasteiger partial charge < -0.3 is 0 Å². The van der Waals surface area contributed by atoms with Crippen molar-refractivity contribution in [3.8, 4) is 0 Å². The van der Waals surface area contributed by atoms with Gasteiger partial charge in [0.2, 0.25) is 0 Å². The number of nitrogens with zero attached hydrogens (tertiary/aromatic N) is 2. The van der Waals surface area contributed by atoms with Crippen LogP contribution in [0.15, 0.2) is 0 Å². The average Bonchev–Trinajstić information content (AvgIpc) is 2.11. The van der Waals surface area contributed by atoms with E-state index < -0.39 is 0 Å². The highest BCUT2D eigenvalue weighted by atomic mass is 127. The third-order valence-electron chi connectivity index (χ3n) is 3.93. The molecule has 19 heavy (non-hydrogen) atoms. The first kappa shape index (κ1) is 20.3. The van der Waals surface area contributed by atoms with E-state index in [0.717, 1.165) is 0 Å². The average molecular weight is 495 g/mol. The van der Waals surface area contributed by atoms with E-state index >= 15 is 0 Å². The lowest BCUT2D eigenvalue weighted by atomic mass is 9.81. The van der Waals surface area contributed by atoms with Gasteiger partial charge in [0, 0.05) is 62.3 Å². The predicted octanol–water partition coefficient (Wildman–Crippen LogP) is 4.60. The van der Waals surface area contributed by atoms with E-state index in [1.54, 1.807) is 0 Å². The summed E-state index contributed by atoms with van der Waals surface area (Å²) in [5, 5.41) is 3.71. The lowest BCUT2D eigenvalue weighted by Crippen LogP contribution is -2.68. The molecular weight excluding hydrogens is 464 g/mol. The van der Waals surface area contributed by atoms with Gasteiger partial charge >= 0.3 is 0 Å². The monoisotopic (exact) mass is 495 g/mol. The highest BCUT2D eigenvalue weighted by Crippen LogP contribution is 2.40. The molecule has 0 saturated heterocycles. The first-order valence-corrected chi connectivity index (χ1v) is 8.64. The summed E-state index contributed by atoms with van der Waals surface area (Å²) in [6.07, 6.45) is 0. The number of rotatable bonds is 5. The van der Waals surface area contributed by atoms with E-state index in [4.69, 9.17) is 0 Å². The van der Waals surface area contributed by atoms with Crippen LogP contribution in [0.3, 0.4) is 0 Å². The SMILES string of the molecule is CN(I)C(C)(C)C(C)(C)N(I)C(C)(C)NC(C)(C)C. The van der Waals surface area contributed by atoms with Gasteiger partial charge in [0.1, 0.15) is 0 Å². The number of halogens is 2. The second-order valence-corrected chi connectivity index (χ2v) is 10.2. The number of hydrogen-bond donors (Lipinski definition) is 1. The molecule has 0 fully saturated rings. The predicted molar refractivity (Wildman–Crippen MR) is 103 cm³/mol. The molecule has 0 rings (SSSR count). The van der Waals surface area contributed by atoms with Crippen LogP contribution in [0.1, 0.15) is 62.3 Å². The maximum Gasteiger partial charge on any atom is 0.0755 e. The maximum absolute atomic E-state index is 3.71. The third kappa shape index (κ3) is 4.93. The molecule has 0 aliphatic carbocycles. The standard InChI is InChI=1S/C14H31I2N3/c1-11(2,3)17-14(8,9)19(16)13(6,7)12(4,5)18(10)15/h17H,1-10H3. The summed E-state index contributed by atoms with van der Waals surface area (Å²) in [4.78, 5) is 0. The van der Waals surface area contributed by atoms with Crippen LogP contribution in [0.4, 0.5) is 0 Å². The van der Waals surface area contributed by atoms with Crippen molar-refractivity contribution in [3.63, 3.8) is 0 Å². The molecule has 0 aromatic heterocycles. The molecule has 0 heterocycles. The summed E-state index contributed by atoms with van der Waals surface area (Å²) in [6, 6.07) is 0. The molecule has 0 aromatic rings. The minimum Gasteiger partial charge on any atom is -0.294 e. The summed E-state index contributed by atoms with van der Waals surface area (Å²) in [6.45, 7) is 20.3. The van der Waals surface area contributed by atoms with Gasteiger partial charge in [0.05, 0.1) is 5.66 Å². The Balaban J connectivity index is 5.34. The van der Waals surface area contributed by atoms with Gasteiger partial charge in [-0.3, -0.25) is 5.32 Å². The summed E-state index contributed by atoms with van der Waals surface area (Å²) < 4.78 is 4.68. The molecule has 0 bridgehead atoms. The molecule has 0 atom stereocenters. The van der Waals surface area contributed by atoms with Crippen molar-refractivity contribution in [1.29, 1.82) is 0 Å². The van der Waals surface area contributed by atoms with Crippen molar-refractivity contribution in [2.75, 3.05) is 7.05 Å². The zero-order valence-corrected chi connectivity index (χ0v) is 18.5. The third-order valence-corrected chi connectivity index (χ3v) is 7.55. The number of hydrogen-bond acceptors (Lipinski definition) is 3. The molecule has 0 radical (unpaired) electrons. The van der Waals surface area contributed by atoms with E-state index in [0.29, 0.717) is 0 Å². The first-order valence-electron chi connectivity index (χ1n) is 6.71. The second-order valence-electron chi connectivity index (χ2n) is 7.81. The van der Waals surface area contributed by atoms with Gasteiger partial charge in [-0.2, -0.15) is 0 Å². The highest BCUT2D eigenvalue weighted by molar-refractivity contribution is 14.1. The fraction of sp³-hybridized carbons (Fsp3) is 1.00. The zero-order chi connectivity index (χ0) is 15.9. The minimum absolute atomic E-state index is 0.00521. The fourth-order valence-electron chi connectivity index (χ4n) is 2.28. The van der Waals surface area contributed by atoms with Crippen LogP contribution in [-0.2, 0) is 0 Å². The minimum atomic E-state index is -0.0910. The molecule has 0 spiro atoms. The van der Waals surface area contributed by atoms with Crippen molar-refractivity contribution in [3.05, 3.63) is 0 Å². The fourth-order valence-corrected chi connectivity index (χ4v) is 3.58. The number of nitrogens with one attached hydrogen (secondary N) is 1. The molecule has 1 N–H and O–H groups in total. The molecule has 0 aliphatic heterocycles. The van der Waals surface area contributed by atoms with Crippen LogP contribution >= 0.6 is 45.7 Å². The van der Waals surface area contributed by atoms with Crippen LogP contribution in [0.5, 0.6) is 0 Å². The largest absolute Gasteiger partial charge is 0.294 e. The van der Waals surface area contributed by atoms with Crippen LogP contribution in [0, 0.1) is 0 Å². The smallest absolute Gasteiger partial charge is 0.0755 e. The van der Waals surface area contributed by atoms with Gasteiger partial charge in [-0.25, -0.2) is 6.23 Å². The molecule has 3 nitrogen and oxygen atoms in total. The quantitative estimate of drug-likeness (QED) is 0.342. The van der Waals surface area contributed by atoms with Gasteiger partial charge in [-0.05, 0) is 69.4 Å². The van der Waals surface area contributed by atoms with Crippen molar-refractivity contribution >= 4 is 45.7 Å². The summed E-state index contributed by atoms with van der Waals surface area (Å²) >= 11 is 4.85. The molecule has 0 aliphatic rings. The Bertz CT molecular complexity index is 304. The topological polar surface area (TPSA) is 18.5 Å². The normalized spacial score (nSPS) is 15.5. The van der Waals surface area contributed by atoms with E-state index in [1.165, 1.54) is 0 Å². The maximum atomic E-state index is 3.71. The van der Waals surface area contributed by atoms with Crippen molar-refractivity contribution < 1.29 is 0 Å². The summed E-state index contributed by atoms with van der Waals surface area (Å²) in [5.41, 5.74) is 0.0481. The first-order chi connectivity index (χ1) is 8.06. The lowest BCUT2D eigenvalue weighted by Gasteiger charge is -2.55. The van der Waals surface area contributed by atoms with Crippen molar-refractivity contribution in [2.24, 2.45) is 0 Å². The lowest BCUT2D eigenvalue weighted by molar-refractivity contribution is 0.0201. The van der Waals surface area contributed by atoms with Crippen LogP contribution < -0.4 is 5.32 Å². The molecule has 5 heteroatoms. The molecule has 0 unspecified atom stereocenters. The van der Waals surface area contributed by atoms with Crippen LogP contribution in [-0.4, -0.2) is 35.6 Å². The van der Waals surface area contributed by atoms with E-state index in [1.807, 2.05) is 0 Å². The molecule has 116 valence electrons. The molecule has 0 amide bonds. The Morgan fingerprint density at radius 1 is 0.737 bits per heavy atom. The van der Waals surface area contributed by atoms with Crippen molar-refractivity contribution in [1.82, 2.24) is 11.5 Å². The van der Waals surface area contributed by atoms with Gasteiger partial charge in [-0.1, -0.05) is 0 Å². The summed E-state index contributed by atoms with van der Waals surface area (Å²) in [7, 11) is 2.14. The Kier molecular flexibility index (Phi) is 6.66. The Hall–Kier alpha value is 1.34. The van der Waals surface area contributed by atoms with Crippen LogP contribution in [0.2, 0.25) is 0 Å². The van der Waals surface area contributed by atoms with Gasteiger partial charge in [0.15, 0.2) is 0 Å². The van der Waals surface area contributed by atoms with Gasteiger partial charge in [0.25, 0.3) is 0 Å². The molecule has 0 saturated carbocycles. The van der Waals surface area contributed by atoms with E-state index in [2.05, 4.69) is 127 Å². The van der Waals surface area contributed by atoms with Crippen molar-refractivity contribution in [2.45, 2.75) is 84.6 Å². The Morgan fingerprint density at radius 3 is 1.37 bits per heavy atom. The molecule has 0 aromatic carbocycles. The van der Waals surface area contributed by atoms with E-state index in [-0.39, 0.29) is 22.3 Å². The Labute approximate surface area is 148 Å². The summed E-state index contributed by atoms with van der Waals surface area (Å²) in [5.74, 6) is 0.